The number of amides is 1. The van der Waals surface area contributed by atoms with Gasteiger partial charge in [0.05, 0.1) is 7.11 Å². The number of hydrogen-bond donors (Lipinski definition) is 3. The highest BCUT2D eigenvalue weighted by molar-refractivity contribution is 6.06. The van der Waals surface area contributed by atoms with Crippen molar-refractivity contribution in [1.82, 2.24) is 4.98 Å². The molecule has 2 aromatic rings. The van der Waals surface area contributed by atoms with Crippen LogP contribution in [0.5, 0.6) is 5.88 Å². The number of ether oxygens (including phenoxy) is 1. The number of methoxy groups -OCH3 is 1. The van der Waals surface area contributed by atoms with Crippen LogP contribution < -0.4 is 15.8 Å². The zero-order chi connectivity index (χ0) is 15.2. The lowest BCUT2D eigenvalue weighted by Gasteiger charge is -2.08. The number of nitrogens with two attached hydrogens (primary N) is 1. The van der Waals surface area contributed by atoms with Crippen molar-refractivity contribution in [2.45, 2.75) is 0 Å². The zero-order valence-electron chi connectivity index (χ0n) is 11.3. The number of pyridine rings is 1. The van der Waals surface area contributed by atoms with Gasteiger partial charge in [0.1, 0.15) is 5.56 Å². The third kappa shape index (κ3) is 3.27. The van der Waals surface area contributed by atoms with Gasteiger partial charge in [0, 0.05) is 17.4 Å². The predicted molar refractivity (Wildman–Crippen MR) is 77.7 cm³/mol. The highest BCUT2D eigenvalue weighted by Crippen LogP contribution is 2.16. The van der Waals surface area contributed by atoms with E-state index < -0.39 is 0 Å². The predicted octanol–water partition coefficient (Wildman–Crippen LogP) is 1.44. The Kier molecular flexibility index (Phi) is 4.35. The van der Waals surface area contributed by atoms with Gasteiger partial charge in [-0.15, -0.1) is 0 Å². The Bertz CT molecular complexity index is 668. The van der Waals surface area contributed by atoms with Gasteiger partial charge in [0.2, 0.25) is 5.88 Å². The number of anilines is 1. The summed E-state index contributed by atoms with van der Waals surface area (Å²) in [6.07, 6.45) is 1.54. The third-order valence-corrected chi connectivity index (χ3v) is 2.76. The van der Waals surface area contributed by atoms with Gasteiger partial charge in [-0.25, -0.2) is 4.98 Å². The molecule has 0 fully saturated rings. The quantitative estimate of drug-likeness (QED) is 0.341. The van der Waals surface area contributed by atoms with Crippen LogP contribution in [0.25, 0.3) is 0 Å². The molecular formula is C14H14N4O3. The molecular weight excluding hydrogens is 272 g/mol. The SMILES string of the molecule is COc1ncccc1C(=O)Nc1ccc(C(N)=NO)cc1. The van der Waals surface area contributed by atoms with E-state index in [0.717, 1.165) is 0 Å². The Labute approximate surface area is 121 Å². The minimum atomic E-state index is -0.337. The number of oxime groups is 1. The van der Waals surface area contributed by atoms with Crippen LogP contribution in [0.1, 0.15) is 15.9 Å². The minimum Gasteiger partial charge on any atom is -0.480 e. The highest BCUT2D eigenvalue weighted by atomic mass is 16.5. The van der Waals surface area contributed by atoms with Gasteiger partial charge in [-0.3, -0.25) is 4.79 Å². The van der Waals surface area contributed by atoms with E-state index in [-0.39, 0.29) is 17.6 Å². The Hall–Kier alpha value is -3.09. The summed E-state index contributed by atoms with van der Waals surface area (Å²) in [6, 6.07) is 9.82. The lowest BCUT2D eigenvalue weighted by atomic mass is 10.2. The van der Waals surface area contributed by atoms with Gasteiger partial charge in [-0.2, -0.15) is 0 Å². The number of nitrogens with zero attached hydrogens (tertiary/aromatic N) is 2. The Morgan fingerprint density at radius 1 is 1.33 bits per heavy atom. The van der Waals surface area contributed by atoms with Crippen LogP contribution in [0.3, 0.4) is 0 Å². The van der Waals surface area contributed by atoms with Crippen molar-refractivity contribution >= 4 is 17.4 Å². The number of carbonyl (C=O) groups excluding carboxylic acids is 1. The number of carbonyl (C=O) groups is 1. The van der Waals surface area contributed by atoms with Crippen molar-refractivity contribution < 1.29 is 14.7 Å². The van der Waals surface area contributed by atoms with Crippen LogP contribution in [0.15, 0.2) is 47.8 Å². The summed E-state index contributed by atoms with van der Waals surface area (Å²) in [5.41, 5.74) is 6.92. The van der Waals surface area contributed by atoms with E-state index in [2.05, 4.69) is 15.5 Å². The zero-order valence-corrected chi connectivity index (χ0v) is 11.3. The van der Waals surface area contributed by atoms with Gasteiger partial charge in [0.15, 0.2) is 5.84 Å². The van der Waals surface area contributed by atoms with Gasteiger partial charge in [0.25, 0.3) is 5.91 Å². The van der Waals surface area contributed by atoms with E-state index in [9.17, 15) is 4.79 Å². The van der Waals surface area contributed by atoms with Crippen LogP contribution in [-0.2, 0) is 0 Å². The van der Waals surface area contributed by atoms with E-state index in [4.69, 9.17) is 15.7 Å². The summed E-state index contributed by atoms with van der Waals surface area (Å²) in [6.45, 7) is 0. The highest BCUT2D eigenvalue weighted by Gasteiger charge is 2.12. The molecule has 0 saturated heterocycles. The molecule has 0 saturated carbocycles. The third-order valence-electron chi connectivity index (χ3n) is 2.76. The molecule has 0 unspecified atom stereocenters. The molecule has 0 radical (unpaired) electrons. The van der Waals surface area contributed by atoms with E-state index in [0.29, 0.717) is 16.8 Å². The number of hydrogen-bond acceptors (Lipinski definition) is 5. The molecule has 108 valence electrons. The van der Waals surface area contributed by atoms with Crippen LogP contribution in [0.2, 0.25) is 0 Å². The topological polar surface area (TPSA) is 110 Å². The second-order valence-corrected chi connectivity index (χ2v) is 4.08. The average molecular weight is 286 g/mol. The molecule has 0 aliphatic carbocycles. The standard InChI is InChI=1S/C14H14N4O3/c1-21-14-11(3-2-8-16-14)13(19)17-10-6-4-9(5-7-10)12(15)18-20/h2-8,20H,1H3,(H2,15,18)(H,17,19). The first kappa shape index (κ1) is 14.3. The second-order valence-electron chi connectivity index (χ2n) is 4.08. The lowest BCUT2D eigenvalue weighted by molar-refractivity contribution is 0.102. The van der Waals surface area contributed by atoms with Crippen LogP contribution in [0, 0.1) is 0 Å². The maximum atomic E-state index is 12.1. The maximum absolute atomic E-state index is 12.1. The van der Waals surface area contributed by atoms with Gasteiger partial charge in [-0.05, 0) is 36.4 Å². The van der Waals surface area contributed by atoms with Crippen molar-refractivity contribution in [3.63, 3.8) is 0 Å². The first-order chi connectivity index (χ1) is 10.2. The first-order valence-electron chi connectivity index (χ1n) is 6.04. The van der Waals surface area contributed by atoms with E-state index in [1.165, 1.54) is 7.11 Å². The molecule has 0 aliphatic heterocycles. The molecule has 21 heavy (non-hydrogen) atoms. The number of benzene rings is 1. The Balaban J connectivity index is 2.16. The second kappa shape index (κ2) is 6.38. The number of aromatic nitrogens is 1. The molecule has 7 heteroatoms. The molecule has 7 nitrogen and oxygen atoms in total. The molecule has 0 atom stereocenters. The van der Waals surface area contributed by atoms with Crippen molar-refractivity contribution in [3.05, 3.63) is 53.7 Å². The molecule has 1 aromatic heterocycles. The van der Waals surface area contributed by atoms with Gasteiger partial charge < -0.3 is 21.0 Å². The van der Waals surface area contributed by atoms with E-state index in [1.807, 2.05) is 0 Å². The van der Waals surface area contributed by atoms with Crippen molar-refractivity contribution in [1.29, 1.82) is 0 Å². The van der Waals surface area contributed by atoms with Crippen molar-refractivity contribution in [2.75, 3.05) is 12.4 Å². The normalized spacial score (nSPS) is 11.0. The van der Waals surface area contributed by atoms with Crippen LogP contribution >= 0.6 is 0 Å². The maximum Gasteiger partial charge on any atom is 0.261 e. The average Bonchev–Trinajstić information content (AvgIpc) is 2.54. The van der Waals surface area contributed by atoms with Gasteiger partial charge >= 0.3 is 0 Å². The molecule has 1 heterocycles. The summed E-state index contributed by atoms with van der Waals surface area (Å²) >= 11 is 0. The lowest BCUT2D eigenvalue weighted by Crippen LogP contribution is -2.15. The molecule has 0 spiro atoms. The summed E-state index contributed by atoms with van der Waals surface area (Å²) in [7, 11) is 1.45. The summed E-state index contributed by atoms with van der Waals surface area (Å²) in [5.74, 6) is -0.0819. The fourth-order valence-corrected chi connectivity index (χ4v) is 1.71. The minimum absolute atomic E-state index is 0.00167. The monoisotopic (exact) mass is 286 g/mol. The van der Waals surface area contributed by atoms with Crippen LogP contribution in [-0.4, -0.2) is 29.0 Å². The summed E-state index contributed by atoms with van der Waals surface area (Å²) in [5, 5.41) is 14.2. The number of amidine groups is 1. The van der Waals surface area contributed by atoms with Gasteiger partial charge in [-0.1, -0.05) is 5.16 Å². The van der Waals surface area contributed by atoms with Crippen LogP contribution in [0.4, 0.5) is 5.69 Å². The molecule has 0 bridgehead atoms. The van der Waals surface area contributed by atoms with E-state index in [1.54, 1.807) is 42.6 Å². The molecule has 1 aromatic carbocycles. The van der Waals surface area contributed by atoms with Crippen molar-refractivity contribution in [3.8, 4) is 5.88 Å². The largest absolute Gasteiger partial charge is 0.480 e. The summed E-state index contributed by atoms with van der Waals surface area (Å²) in [4.78, 5) is 16.1. The Morgan fingerprint density at radius 2 is 2.05 bits per heavy atom. The Morgan fingerprint density at radius 3 is 2.67 bits per heavy atom. The molecule has 2 rings (SSSR count). The molecule has 4 N–H and O–H groups in total. The van der Waals surface area contributed by atoms with E-state index >= 15 is 0 Å². The smallest absolute Gasteiger partial charge is 0.261 e. The molecule has 0 aliphatic rings. The van der Waals surface area contributed by atoms with Crippen molar-refractivity contribution in [2.24, 2.45) is 10.9 Å². The number of nitrogens with one attached hydrogen (secondary N) is 1. The first-order valence-corrected chi connectivity index (χ1v) is 6.04. The number of rotatable bonds is 4. The summed E-state index contributed by atoms with van der Waals surface area (Å²) < 4.78 is 5.04. The molecule has 1 amide bonds. The fourth-order valence-electron chi connectivity index (χ4n) is 1.71. The fraction of sp³-hybridized carbons (Fsp3) is 0.0714.